The van der Waals surface area contributed by atoms with E-state index in [2.05, 4.69) is 5.32 Å². The fraction of sp³-hybridized carbons (Fsp3) is 0.300. The first-order valence-corrected chi connectivity index (χ1v) is 8.65. The van der Waals surface area contributed by atoms with Crippen molar-refractivity contribution >= 4 is 23.2 Å². The van der Waals surface area contributed by atoms with E-state index >= 15 is 0 Å². The second kappa shape index (κ2) is 7.56. The molecule has 1 aliphatic heterocycles. The maximum Gasteiger partial charge on any atom is 0.268 e. The molecule has 2 amide bonds. The standard InChI is InChI=1S/C20H21FN2O3/c1-3-6-19(24)22-15-9-10-18-17(11-15)23(20(25)13(2)26-18)12-14-7-4-5-8-16(14)21/h4-5,7-11,13H,3,6,12H2,1-2H3,(H,22,24). The van der Waals surface area contributed by atoms with Crippen molar-refractivity contribution in [2.75, 3.05) is 10.2 Å². The van der Waals surface area contributed by atoms with E-state index < -0.39 is 6.10 Å². The van der Waals surface area contributed by atoms with Gasteiger partial charge in [-0.25, -0.2) is 4.39 Å². The second-order valence-electron chi connectivity index (χ2n) is 6.26. The van der Waals surface area contributed by atoms with Gasteiger partial charge >= 0.3 is 0 Å². The highest BCUT2D eigenvalue weighted by atomic mass is 19.1. The van der Waals surface area contributed by atoms with Gasteiger partial charge in [-0.2, -0.15) is 0 Å². The highest BCUT2D eigenvalue weighted by molar-refractivity contribution is 6.01. The Labute approximate surface area is 151 Å². The molecule has 1 unspecified atom stereocenters. The van der Waals surface area contributed by atoms with Gasteiger partial charge in [-0.15, -0.1) is 0 Å². The average Bonchev–Trinajstić information content (AvgIpc) is 2.61. The quantitative estimate of drug-likeness (QED) is 0.884. The van der Waals surface area contributed by atoms with Crippen molar-refractivity contribution < 1.29 is 18.7 Å². The molecule has 0 saturated heterocycles. The number of nitrogens with zero attached hydrogens (tertiary/aromatic N) is 1. The SMILES string of the molecule is CCCC(=O)Nc1ccc2c(c1)N(Cc1ccccc1F)C(=O)C(C)O2. The van der Waals surface area contributed by atoms with E-state index in [-0.39, 0.29) is 24.2 Å². The van der Waals surface area contributed by atoms with E-state index in [1.54, 1.807) is 43.3 Å². The average molecular weight is 356 g/mol. The maximum atomic E-state index is 14.1. The third-order valence-electron chi connectivity index (χ3n) is 4.21. The zero-order valence-electron chi connectivity index (χ0n) is 14.8. The van der Waals surface area contributed by atoms with Gasteiger partial charge in [-0.1, -0.05) is 25.1 Å². The van der Waals surface area contributed by atoms with Gasteiger partial charge in [0.25, 0.3) is 5.91 Å². The van der Waals surface area contributed by atoms with Crippen molar-refractivity contribution in [1.29, 1.82) is 0 Å². The lowest BCUT2D eigenvalue weighted by molar-refractivity contribution is -0.125. The van der Waals surface area contributed by atoms with Gasteiger partial charge in [0.15, 0.2) is 6.10 Å². The van der Waals surface area contributed by atoms with E-state index in [4.69, 9.17) is 4.74 Å². The lowest BCUT2D eigenvalue weighted by Crippen LogP contribution is -2.44. The highest BCUT2D eigenvalue weighted by Crippen LogP contribution is 2.37. The first-order valence-electron chi connectivity index (χ1n) is 8.65. The van der Waals surface area contributed by atoms with Crippen LogP contribution in [0.15, 0.2) is 42.5 Å². The summed E-state index contributed by atoms with van der Waals surface area (Å²) in [5.41, 5.74) is 1.51. The van der Waals surface area contributed by atoms with Gasteiger partial charge in [0.05, 0.1) is 12.2 Å². The molecule has 0 aliphatic carbocycles. The summed E-state index contributed by atoms with van der Waals surface area (Å²) in [6.07, 6.45) is 0.507. The van der Waals surface area contributed by atoms with Crippen LogP contribution in [0.1, 0.15) is 32.3 Å². The molecule has 1 heterocycles. The van der Waals surface area contributed by atoms with E-state index in [0.717, 1.165) is 6.42 Å². The Hall–Kier alpha value is -2.89. The number of hydrogen-bond donors (Lipinski definition) is 1. The molecule has 26 heavy (non-hydrogen) atoms. The van der Waals surface area contributed by atoms with Gasteiger partial charge in [0.1, 0.15) is 11.6 Å². The first kappa shape index (κ1) is 17.9. The van der Waals surface area contributed by atoms with Crippen LogP contribution in [0.25, 0.3) is 0 Å². The number of amides is 2. The molecule has 6 heteroatoms. The van der Waals surface area contributed by atoms with E-state index in [9.17, 15) is 14.0 Å². The summed E-state index contributed by atoms with van der Waals surface area (Å²) >= 11 is 0. The molecule has 0 aromatic heterocycles. The normalized spacial score (nSPS) is 16.0. The number of ether oxygens (including phenoxy) is 1. The van der Waals surface area contributed by atoms with Crippen molar-refractivity contribution in [2.45, 2.75) is 39.3 Å². The van der Waals surface area contributed by atoms with Gasteiger partial charge in [-0.3, -0.25) is 9.59 Å². The number of benzene rings is 2. The van der Waals surface area contributed by atoms with Crippen LogP contribution in [-0.2, 0) is 16.1 Å². The Balaban J connectivity index is 1.94. The maximum absolute atomic E-state index is 14.1. The third-order valence-corrected chi connectivity index (χ3v) is 4.21. The smallest absolute Gasteiger partial charge is 0.268 e. The number of carbonyl (C=O) groups is 2. The Morgan fingerprint density at radius 1 is 1.27 bits per heavy atom. The van der Waals surface area contributed by atoms with Crippen molar-refractivity contribution in [1.82, 2.24) is 0 Å². The molecule has 5 nitrogen and oxygen atoms in total. The summed E-state index contributed by atoms with van der Waals surface area (Å²) in [5.74, 6) is -0.183. The minimum Gasteiger partial charge on any atom is -0.479 e. The molecule has 3 rings (SSSR count). The summed E-state index contributed by atoms with van der Waals surface area (Å²) in [7, 11) is 0. The molecule has 0 radical (unpaired) electrons. The lowest BCUT2D eigenvalue weighted by atomic mass is 10.1. The van der Waals surface area contributed by atoms with E-state index in [1.807, 2.05) is 6.92 Å². The van der Waals surface area contributed by atoms with Crippen LogP contribution in [0.4, 0.5) is 15.8 Å². The largest absolute Gasteiger partial charge is 0.479 e. The molecule has 0 saturated carbocycles. The summed E-state index contributed by atoms with van der Waals surface area (Å²) in [6, 6.07) is 11.5. The zero-order chi connectivity index (χ0) is 18.7. The number of fused-ring (bicyclic) bond motifs is 1. The topological polar surface area (TPSA) is 58.6 Å². The molecule has 1 aliphatic rings. The van der Waals surface area contributed by atoms with Crippen molar-refractivity contribution in [3.8, 4) is 5.75 Å². The van der Waals surface area contributed by atoms with Crippen molar-refractivity contribution in [3.05, 3.63) is 53.8 Å². The second-order valence-corrected chi connectivity index (χ2v) is 6.26. The molecule has 136 valence electrons. The monoisotopic (exact) mass is 356 g/mol. The van der Waals surface area contributed by atoms with Gasteiger partial charge < -0.3 is 15.0 Å². The number of hydrogen-bond acceptors (Lipinski definition) is 3. The summed E-state index contributed by atoms with van der Waals surface area (Å²) in [6.45, 7) is 3.69. The summed E-state index contributed by atoms with van der Waals surface area (Å²) < 4.78 is 19.7. The summed E-state index contributed by atoms with van der Waals surface area (Å²) in [5, 5.41) is 2.81. The molecule has 1 atom stereocenters. The number of anilines is 2. The van der Waals surface area contributed by atoms with E-state index in [0.29, 0.717) is 29.1 Å². The van der Waals surface area contributed by atoms with Gasteiger partial charge in [0, 0.05) is 17.7 Å². The lowest BCUT2D eigenvalue weighted by Gasteiger charge is -2.33. The van der Waals surface area contributed by atoms with Crippen LogP contribution >= 0.6 is 0 Å². The fourth-order valence-corrected chi connectivity index (χ4v) is 2.90. The molecule has 1 N–H and O–H groups in total. The molecule has 2 aromatic rings. The highest BCUT2D eigenvalue weighted by Gasteiger charge is 2.32. The predicted octanol–water partition coefficient (Wildman–Crippen LogP) is 3.88. The van der Waals surface area contributed by atoms with Crippen LogP contribution in [0, 0.1) is 5.82 Å². The molecule has 0 spiro atoms. The van der Waals surface area contributed by atoms with Crippen LogP contribution in [0.3, 0.4) is 0 Å². The summed E-state index contributed by atoms with van der Waals surface area (Å²) in [4.78, 5) is 26.0. The Morgan fingerprint density at radius 2 is 2.04 bits per heavy atom. The van der Waals surface area contributed by atoms with Crippen molar-refractivity contribution in [2.24, 2.45) is 0 Å². The van der Waals surface area contributed by atoms with E-state index in [1.165, 1.54) is 11.0 Å². The third kappa shape index (κ3) is 3.69. The number of carbonyl (C=O) groups excluding carboxylic acids is 2. The molecule has 0 bridgehead atoms. The number of halogens is 1. The zero-order valence-corrected chi connectivity index (χ0v) is 14.8. The van der Waals surface area contributed by atoms with Gasteiger partial charge in [-0.05, 0) is 37.6 Å². The molecular formula is C20H21FN2O3. The minimum atomic E-state index is -0.658. The Bertz CT molecular complexity index is 838. The number of nitrogens with one attached hydrogen (secondary N) is 1. The van der Waals surface area contributed by atoms with Crippen LogP contribution < -0.4 is 15.0 Å². The molecule has 2 aromatic carbocycles. The van der Waals surface area contributed by atoms with Crippen LogP contribution in [0.2, 0.25) is 0 Å². The Morgan fingerprint density at radius 3 is 2.77 bits per heavy atom. The number of rotatable bonds is 5. The molecule has 0 fully saturated rings. The fourth-order valence-electron chi connectivity index (χ4n) is 2.90. The Kier molecular flexibility index (Phi) is 5.21. The predicted molar refractivity (Wildman–Crippen MR) is 97.7 cm³/mol. The van der Waals surface area contributed by atoms with Crippen molar-refractivity contribution in [3.63, 3.8) is 0 Å². The minimum absolute atomic E-state index is 0.0930. The molecular weight excluding hydrogens is 335 g/mol. The van der Waals surface area contributed by atoms with Crippen LogP contribution in [-0.4, -0.2) is 17.9 Å². The first-order chi connectivity index (χ1) is 12.5. The van der Waals surface area contributed by atoms with Gasteiger partial charge in [0.2, 0.25) is 5.91 Å². The van der Waals surface area contributed by atoms with Crippen LogP contribution in [0.5, 0.6) is 5.75 Å².